The molecule has 3 aromatic rings. The molecule has 14 heteroatoms. The number of aromatic nitrogens is 1. The predicted octanol–water partition coefficient (Wildman–Crippen LogP) is 5.33. The molecule has 0 unspecified atom stereocenters. The Hall–Kier alpha value is -4.46. The van der Waals surface area contributed by atoms with Crippen molar-refractivity contribution >= 4 is 67.8 Å². The number of hydrogen-bond donors (Lipinski definition) is 1. The molecule has 1 aromatic heterocycles. The fraction of sp³-hybridized carbons (Fsp3) is 0.360. The number of Topliss-reactive ketones (excluding diaryl/α,β-unsaturated/α-hetero) is 1. The van der Waals surface area contributed by atoms with Crippen LogP contribution in [0.2, 0.25) is 0 Å². The van der Waals surface area contributed by atoms with Gasteiger partial charge in [-0.15, -0.1) is 10.2 Å². The maximum absolute atomic E-state index is 12.3. The molecule has 0 aliphatic carbocycles. The van der Waals surface area contributed by atoms with Crippen LogP contribution in [0.25, 0.3) is 10.9 Å². The number of carbonyl (C=O) groups is 3. The number of fused-ring (bicyclic) bond motifs is 1. The van der Waals surface area contributed by atoms with Gasteiger partial charge in [-0.25, -0.2) is 0 Å². The smallest absolute Gasteiger partial charge is 0.307 e. The van der Waals surface area contributed by atoms with Crippen molar-refractivity contribution < 1.29 is 28.8 Å². The second kappa shape index (κ2) is 13.4. The van der Waals surface area contributed by atoms with Crippen LogP contribution in [0.15, 0.2) is 40.6 Å². The molecule has 0 radical (unpaired) electrons. The molecule has 0 atom stereocenters. The molecule has 0 aliphatic rings. The zero-order valence-corrected chi connectivity index (χ0v) is 22.7. The van der Waals surface area contributed by atoms with Gasteiger partial charge in [0.2, 0.25) is 5.91 Å². The first-order chi connectivity index (χ1) is 18.7. The molecule has 1 N–H and O–H groups in total. The summed E-state index contributed by atoms with van der Waals surface area (Å²) in [5.74, 6) is -0.342. The predicted molar refractivity (Wildman–Crippen MR) is 147 cm³/mol. The zero-order valence-electron chi connectivity index (χ0n) is 21.9. The Bertz CT molecular complexity index is 1420. The van der Waals surface area contributed by atoms with Crippen molar-refractivity contribution in [1.29, 1.82) is 0 Å². The summed E-state index contributed by atoms with van der Waals surface area (Å²) in [6.07, 6.45) is 0.505. The minimum absolute atomic E-state index is 0.0287. The summed E-state index contributed by atoms with van der Waals surface area (Å²) in [6.45, 7) is 3.72. The number of non-ortho nitro benzene ring substituents is 1. The number of esters is 1. The average Bonchev–Trinajstić information content (AvgIpc) is 3.33. The minimum Gasteiger partial charge on any atom is -0.494 e. The fourth-order valence-corrected chi connectivity index (χ4v) is 4.25. The van der Waals surface area contributed by atoms with Gasteiger partial charge in [-0.3, -0.25) is 24.5 Å². The number of azo groups is 1. The van der Waals surface area contributed by atoms with Crippen molar-refractivity contribution in [2.24, 2.45) is 10.2 Å². The summed E-state index contributed by atoms with van der Waals surface area (Å²) in [6, 6.07) is 7.51. The number of ketones is 1. The molecule has 0 spiro atoms. The number of nitro groups is 1. The quantitative estimate of drug-likeness (QED) is 0.127. The number of carbonyl (C=O) groups excluding carboxylic acids is 3. The van der Waals surface area contributed by atoms with E-state index in [4.69, 9.17) is 9.47 Å². The molecular weight excluding hydrogens is 528 g/mol. The van der Waals surface area contributed by atoms with Gasteiger partial charge in [-0.05, 0) is 30.6 Å². The van der Waals surface area contributed by atoms with Gasteiger partial charge in [-0.2, -0.15) is 4.37 Å². The molecule has 39 heavy (non-hydrogen) atoms. The van der Waals surface area contributed by atoms with Gasteiger partial charge in [0.05, 0.1) is 42.5 Å². The molecule has 1 amide bonds. The number of nitrogens with zero attached hydrogens (tertiary/aromatic N) is 5. The first-order valence-corrected chi connectivity index (χ1v) is 12.7. The summed E-state index contributed by atoms with van der Waals surface area (Å²) >= 11 is 1.03. The normalized spacial score (nSPS) is 11.0. The lowest BCUT2D eigenvalue weighted by Gasteiger charge is -2.27. The van der Waals surface area contributed by atoms with E-state index in [2.05, 4.69) is 19.9 Å². The summed E-state index contributed by atoms with van der Waals surface area (Å²) in [5.41, 5.74) is 1.57. The third-order valence-corrected chi connectivity index (χ3v) is 6.44. The third kappa shape index (κ3) is 7.54. The van der Waals surface area contributed by atoms with E-state index in [1.54, 1.807) is 24.0 Å². The molecule has 0 saturated heterocycles. The number of ether oxygens (including phenoxy) is 2. The number of benzene rings is 2. The van der Waals surface area contributed by atoms with Crippen LogP contribution in [0.1, 0.15) is 33.1 Å². The highest BCUT2D eigenvalue weighted by molar-refractivity contribution is 7.11. The fourth-order valence-electron chi connectivity index (χ4n) is 3.56. The number of nitrogens with one attached hydrogen (secondary N) is 1. The van der Waals surface area contributed by atoms with Crippen LogP contribution < -0.4 is 15.0 Å². The van der Waals surface area contributed by atoms with Gasteiger partial charge >= 0.3 is 5.97 Å². The largest absolute Gasteiger partial charge is 0.494 e. The topological polar surface area (TPSA) is 166 Å². The van der Waals surface area contributed by atoms with Crippen LogP contribution in [0.4, 0.5) is 27.8 Å². The number of methoxy groups -OCH3 is 2. The van der Waals surface area contributed by atoms with Crippen molar-refractivity contribution in [3.63, 3.8) is 0 Å². The molecule has 13 nitrogen and oxygen atoms in total. The van der Waals surface area contributed by atoms with Crippen LogP contribution in [-0.2, 0) is 19.1 Å². The van der Waals surface area contributed by atoms with E-state index < -0.39 is 10.9 Å². The van der Waals surface area contributed by atoms with E-state index in [1.807, 2.05) is 0 Å². The average molecular weight is 557 g/mol. The third-order valence-electron chi connectivity index (χ3n) is 5.68. The molecule has 0 fully saturated rings. The van der Waals surface area contributed by atoms with E-state index in [-0.39, 0.29) is 48.9 Å². The van der Waals surface area contributed by atoms with Gasteiger partial charge < -0.3 is 19.7 Å². The Morgan fingerprint density at radius 1 is 1.13 bits per heavy atom. The summed E-state index contributed by atoms with van der Waals surface area (Å²) < 4.78 is 14.6. The minimum atomic E-state index is -0.502. The van der Waals surface area contributed by atoms with Crippen molar-refractivity contribution in [3.8, 4) is 5.75 Å². The maximum Gasteiger partial charge on any atom is 0.307 e. The molecule has 0 aliphatic heterocycles. The second-order valence-corrected chi connectivity index (χ2v) is 9.11. The van der Waals surface area contributed by atoms with Crippen LogP contribution in [-0.4, -0.2) is 54.3 Å². The Labute approximate surface area is 228 Å². The second-order valence-electron chi connectivity index (χ2n) is 8.35. The highest BCUT2D eigenvalue weighted by atomic mass is 32.1. The molecule has 0 bridgehead atoms. The van der Waals surface area contributed by atoms with Crippen molar-refractivity contribution in [2.75, 3.05) is 37.5 Å². The molecular formula is C25H28N6O7S. The zero-order chi connectivity index (χ0) is 28.5. The molecule has 0 saturated carbocycles. The van der Waals surface area contributed by atoms with Gasteiger partial charge in [0.25, 0.3) is 5.69 Å². The molecule has 3 rings (SSSR count). The van der Waals surface area contributed by atoms with E-state index in [9.17, 15) is 24.5 Å². The first kappa shape index (κ1) is 29.1. The van der Waals surface area contributed by atoms with Crippen LogP contribution in [0.3, 0.4) is 0 Å². The highest BCUT2D eigenvalue weighted by Gasteiger charge is 2.20. The monoisotopic (exact) mass is 556 g/mol. The van der Waals surface area contributed by atoms with Gasteiger partial charge in [0.1, 0.15) is 17.2 Å². The first-order valence-electron chi connectivity index (χ1n) is 11.9. The maximum atomic E-state index is 12.3. The molecule has 206 valence electrons. The Morgan fingerprint density at radius 3 is 2.51 bits per heavy atom. The lowest BCUT2D eigenvalue weighted by atomic mass is 10.1. The number of anilines is 2. The number of hydrogen-bond acceptors (Lipinski definition) is 12. The van der Waals surface area contributed by atoms with Crippen LogP contribution >= 0.6 is 11.5 Å². The Kier molecular flexibility index (Phi) is 9.98. The van der Waals surface area contributed by atoms with Crippen molar-refractivity contribution in [1.82, 2.24) is 4.37 Å². The number of amides is 1. The SMILES string of the molecule is CCC(=O)Nc1cc(N(CCC(C)=O)CCC(=O)OC)c(OC)cc1/N=N/c1snc2ccc([N+](=O)[O-])cc12. The summed E-state index contributed by atoms with van der Waals surface area (Å²) in [7, 11) is 2.76. The van der Waals surface area contributed by atoms with Gasteiger partial charge in [0.15, 0.2) is 5.00 Å². The molecule has 1 heterocycles. The van der Waals surface area contributed by atoms with E-state index in [1.165, 1.54) is 39.3 Å². The van der Waals surface area contributed by atoms with E-state index >= 15 is 0 Å². The van der Waals surface area contributed by atoms with Crippen molar-refractivity contribution in [3.05, 3.63) is 40.4 Å². The lowest BCUT2D eigenvalue weighted by molar-refractivity contribution is -0.384. The van der Waals surface area contributed by atoms with E-state index in [0.717, 1.165) is 11.5 Å². The Morgan fingerprint density at radius 2 is 1.87 bits per heavy atom. The van der Waals surface area contributed by atoms with Crippen LogP contribution in [0.5, 0.6) is 5.75 Å². The van der Waals surface area contributed by atoms with Gasteiger partial charge in [0, 0.05) is 49.5 Å². The van der Waals surface area contributed by atoms with Crippen molar-refractivity contribution in [2.45, 2.75) is 33.1 Å². The summed E-state index contributed by atoms with van der Waals surface area (Å²) in [5, 5.41) is 23.4. The van der Waals surface area contributed by atoms with E-state index in [0.29, 0.717) is 39.6 Å². The lowest BCUT2D eigenvalue weighted by Crippen LogP contribution is -2.29. The highest BCUT2D eigenvalue weighted by Crippen LogP contribution is 2.41. The Balaban J connectivity index is 2.07. The number of rotatable bonds is 13. The standard InChI is InChI=1S/C25H28N6O7S/c1-5-23(33)26-19-13-21(30(10-8-15(2)32)11-9-24(34)38-4)22(37-3)14-20(19)27-28-25-17-12-16(31(35)36)6-7-18(17)29-39-25/h6-7,12-14H,5,8-11H2,1-4H3,(H,26,33)/b28-27+. The molecule has 2 aromatic carbocycles. The van der Waals surface area contributed by atoms with Gasteiger partial charge in [-0.1, -0.05) is 6.92 Å². The number of nitro benzene ring substituents is 1. The van der Waals surface area contributed by atoms with Crippen LogP contribution in [0, 0.1) is 10.1 Å². The summed E-state index contributed by atoms with van der Waals surface area (Å²) in [4.78, 5) is 48.4.